The van der Waals surface area contributed by atoms with Gasteiger partial charge in [0, 0.05) is 26.2 Å². The predicted octanol–water partition coefficient (Wildman–Crippen LogP) is 2.65. The second-order valence-electron chi connectivity index (χ2n) is 7.43. The van der Waals surface area contributed by atoms with Gasteiger partial charge in [0.25, 0.3) is 0 Å². The molecule has 162 valence electrons. The standard InChI is InChI=1S/C22H29N3O4S/c1-4-29-20-8-6-5-7-19(20)23-22(26)16-24-11-13-25(14-12-24)30(27,28)21-15-17(2)9-10-18(21)3/h5-10,15H,4,11-14,16H2,1-3H3,(H,23,26). The van der Waals surface area contributed by atoms with Crippen LogP contribution in [0.25, 0.3) is 0 Å². The summed E-state index contributed by atoms with van der Waals surface area (Å²) in [5, 5.41) is 2.89. The van der Waals surface area contributed by atoms with Crippen molar-refractivity contribution in [1.82, 2.24) is 9.21 Å². The second-order valence-corrected chi connectivity index (χ2v) is 9.33. The van der Waals surface area contributed by atoms with Gasteiger partial charge in [0.05, 0.1) is 23.7 Å². The first-order valence-corrected chi connectivity index (χ1v) is 11.6. The van der Waals surface area contributed by atoms with Crippen LogP contribution in [0.5, 0.6) is 5.75 Å². The fraction of sp³-hybridized carbons (Fsp3) is 0.409. The molecule has 0 aromatic heterocycles. The van der Waals surface area contributed by atoms with Crippen LogP contribution in [0.3, 0.4) is 0 Å². The summed E-state index contributed by atoms with van der Waals surface area (Å²) in [7, 11) is -3.54. The Morgan fingerprint density at radius 3 is 2.47 bits per heavy atom. The molecule has 2 aromatic carbocycles. The van der Waals surface area contributed by atoms with E-state index in [1.807, 2.05) is 56.0 Å². The molecule has 0 radical (unpaired) electrons. The molecule has 7 nitrogen and oxygen atoms in total. The van der Waals surface area contributed by atoms with Gasteiger partial charge >= 0.3 is 0 Å². The number of piperazine rings is 1. The number of nitrogens with one attached hydrogen (secondary N) is 1. The van der Waals surface area contributed by atoms with Crippen molar-refractivity contribution in [2.75, 3.05) is 44.6 Å². The summed E-state index contributed by atoms with van der Waals surface area (Å²) in [6.07, 6.45) is 0. The van der Waals surface area contributed by atoms with E-state index < -0.39 is 10.0 Å². The van der Waals surface area contributed by atoms with Crippen molar-refractivity contribution >= 4 is 21.6 Å². The number of amides is 1. The summed E-state index contributed by atoms with van der Waals surface area (Å²) >= 11 is 0. The highest BCUT2D eigenvalue weighted by Gasteiger charge is 2.30. The van der Waals surface area contributed by atoms with E-state index >= 15 is 0 Å². The Bertz CT molecular complexity index is 999. The molecule has 8 heteroatoms. The minimum Gasteiger partial charge on any atom is -0.492 e. The van der Waals surface area contributed by atoms with Crippen molar-refractivity contribution in [1.29, 1.82) is 0 Å². The van der Waals surface area contributed by atoms with Gasteiger partial charge in [0.15, 0.2) is 0 Å². The number of benzene rings is 2. The number of rotatable bonds is 7. The Morgan fingerprint density at radius 2 is 1.77 bits per heavy atom. The zero-order valence-corrected chi connectivity index (χ0v) is 18.5. The quantitative estimate of drug-likeness (QED) is 0.729. The number of carbonyl (C=O) groups excluding carboxylic acids is 1. The highest BCUT2D eigenvalue weighted by molar-refractivity contribution is 7.89. The summed E-state index contributed by atoms with van der Waals surface area (Å²) in [5.74, 6) is 0.491. The van der Waals surface area contributed by atoms with Gasteiger partial charge in [-0.2, -0.15) is 4.31 Å². The van der Waals surface area contributed by atoms with Crippen molar-refractivity contribution in [2.24, 2.45) is 0 Å². The monoisotopic (exact) mass is 431 g/mol. The van der Waals surface area contributed by atoms with E-state index in [9.17, 15) is 13.2 Å². The number of hydrogen-bond acceptors (Lipinski definition) is 5. The molecule has 0 aliphatic carbocycles. The summed E-state index contributed by atoms with van der Waals surface area (Å²) in [6.45, 7) is 8.05. The van der Waals surface area contributed by atoms with E-state index in [0.29, 0.717) is 49.1 Å². The predicted molar refractivity (Wildman–Crippen MR) is 117 cm³/mol. The molecule has 1 N–H and O–H groups in total. The Kier molecular flexibility index (Phi) is 7.12. The third kappa shape index (κ3) is 5.19. The van der Waals surface area contributed by atoms with Crippen LogP contribution in [0.2, 0.25) is 0 Å². The maximum atomic E-state index is 13.0. The number of ether oxygens (including phenoxy) is 1. The third-order valence-electron chi connectivity index (χ3n) is 5.12. The van der Waals surface area contributed by atoms with E-state index in [1.165, 1.54) is 4.31 Å². The first-order valence-electron chi connectivity index (χ1n) is 10.1. The first-order chi connectivity index (χ1) is 14.3. The Morgan fingerprint density at radius 1 is 1.07 bits per heavy atom. The van der Waals surface area contributed by atoms with Crippen LogP contribution in [0.15, 0.2) is 47.4 Å². The number of nitrogens with zero attached hydrogens (tertiary/aromatic N) is 2. The lowest BCUT2D eigenvalue weighted by Crippen LogP contribution is -2.50. The molecule has 0 spiro atoms. The van der Waals surface area contributed by atoms with E-state index in [-0.39, 0.29) is 12.5 Å². The molecule has 3 rings (SSSR count). The van der Waals surface area contributed by atoms with Crippen LogP contribution in [-0.4, -0.2) is 62.9 Å². The van der Waals surface area contributed by atoms with Gasteiger partial charge < -0.3 is 10.1 Å². The summed E-state index contributed by atoms with van der Waals surface area (Å²) < 4.78 is 33.1. The molecule has 1 aliphatic rings. The molecule has 0 saturated carbocycles. The van der Waals surface area contributed by atoms with Crippen LogP contribution in [0.4, 0.5) is 5.69 Å². The number of hydrogen-bond donors (Lipinski definition) is 1. The second kappa shape index (κ2) is 9.59. The lowest BCUT2D eigenvalue weighted by molar-refractivity contribution is -0.117. The average molecular weight is 432 g/mol. The maximum absolute atomic E-state index is 13.0. The van der Waals surface area contributed by atoms with Crippen molar-refractivity contribution in [3.63, 3.8) is 0 Å². The number of sulfonamides is 1. The number of aryl methyl sites for hydroxylation is 2. The van der Waals surface area contributed by atoms with Gasteiger partial charge in [0.1, 0.15) is 5.75 Å². The molecular weight excluding hydrogens is 402 g/mol. The summed E-state index contributed by atoms with van der Waals surface area (Å²) in [4.78, 5) is 14.8. The smallest absolute Gasteiger partial charge is 0.243 e. The molecule has 1 amide bonds. The highest BCUT2D eigenvalue weighted by atomic mass is 32.2. The molecule has 2 aromatic rings. The van der Waals surface area contributed by atoms with Crippen molar-refractivity contribution in [2.45, 2.75) is 25.7 Å². The Labute approximate surface area is 178 Å². The first kappa shape index (κ1) is 22.3. The fourth-order valence-corrected chi connectivity index (χ4v) is 5.23. The molecule has 0 atom stereocenters. The van der Waals surface area contributed by atoms with Crippen molar-refractivity contribution in [3.05, 3.63) is 53.6 Å². The minimum atomic E-state index is -3.54. The Balaban J connectivity index is 1.58. The lowest BCUT2D eigenvalue weighted by Gasteiger charge is -2.33. The zero-order chi connectivity index (χ0) is 21.7. The number of anilines is 1. The van der Waals surface area contributed by atoms with Crippen LogP contribution < -0.4 is 10.1 Å². The largest absolute Gasteiger partial charge is 0.492 e. The minimum absolute atomic E-state index is 0.145. The molecule has 1 aliphatic heterocycles. The highest BCUT2D eigenvalue weighted by Crippen LogP contribution is 2.24. The molecule has 1 heterocycles. The number of para-hydroxylation sites is 2. The topological polar surface area (TPSA) is 79.0 Å². The molecule has 1 fully saturated rings. The number of carbonyl (C=O) groups is 1. The lowest BCUT2D eigenvalue weighted by atomic mass is 10.2. The van der Waals surface area contributed by atoms with Crippen LogP contribution in [0.1, 0.15) is 18.1 Å². The van der Waals surface area contributed by atoms with Gasteiger partial charge in [-0.05, 0) is 50.1 Å². The van der Waals surface area contributed by atoms with E-state index in [4.69, 9.17) is 4.74 Å². The fourth-order valence-electron chi connectivity index (χ4n) is 3.50. The molecular formula is C22H29N3O4S. The van der Waals surface area contributed by atoms with Crippen LogP contribution in [0, 0.1) is 13.8 Å². The van der Waals surface area contributed by atoms with E-state index in [0.717, 1.165) is 11.1 Å². The van der Waals surface area contributed by atoms with Gasteiger partial charge in [-0.15, -0.1) is 0 Å². The van der Waals surface area contributed by atoms with Crippen molar-refractivity contribution < 1.29 is 17.9 Å². The summed E-state index contributed by atoms with van der Waals surface area (Å²) in [5.41, 5.74) is 2.30. The van der Waals surface area contributed by atoms with Crippen molar-refractivity contribution in [3.8, 4) is 5.75 Å². The zero-order valence-electron chi connectivity index (χ0n) is 17.7. The third-order valence-corrected chi connectivity index (χ3v) is 7.16. The van der Waals surface area contributed by atoms with Crippen LogP contribution >= 0.6 is 0 Å². The average Bonchev–Trinajstić information content (AvgIpc) is 2.72. The molecule has 30 heavy (non-hydrogen) atoms. The van der Waals surface area contributed by atoms with Gasteiger partial charge in [-0.3, -0.25) is 9.69 Å². The molecule has 0 bridgehead atoms. The normalized spacial score (nSPS) is 15.7. The van der Waals surface area contributed by atoms with E-state index in [2.05, 4.69) is 5.32 Å². The van der Waals surface area contributed by atoms with Gasteiger partial charge in [-0.1, -0.05) is 24.3 Å². The SMILES string of the molecule is CCOc1ccccc1NC(=O)CN1CCN(S(=O)(=O)c2cc(C)ccc2C)CC1. The molecule has 1 saturated heterocycles. The van der Waals surface area contributed by atoms with Gasteiger partial charge in [-0.25, -0.2) is 8.42 Å². The molecule has 0 unspecified atom stereocenters. The maximum Gasteiger partial charge on any atom is 0.243 e. The van der Waals surface area contributed by atoms with E-state index in [1.54, 1.807) is 12.1 Å². The van der Waals surface area contributed by atoms with Gasteiger partial charge in [0.2, 0.25) is 15.9 Å². The van der Waals surface area contributed by atoms with Crippen LogP contribution in [-0.2, 0) is 14.8 Å². The Hall–Kier alpha value is -2.42. The summed E-state index contributed by atoms with van der Waals surface area (Å²) in [6, 6.07) is 12.8.